The van der Waals surface area contributed by atoms with Crippen molar-refractivity contribution < 1.29 is 9.63 Å². The summed E-state index contributed by atoms with van der Waals surface area (Å²) in [7, 11) is 0. The Morgan fingerprint density at radius 1 is 1.50 bits per heavy atom. The Kier molecular flexibility index (Phi) is 4.97. The lowest BCUT2D eigenvalue weighted by atomic mass is 10.1. The third-order valence-corrected chi connectivity index (χ3v) is 2.48. The highest BCUT2D eigenvalue weighted by Gasteiger charge is 2.07. The van der Waals surface area contributed by atoms with Crippen molar-refractivity contribution in [3.63, 3.8) is 0 Å². The molecule has 0 aliphatic heterocycles. The smallest absolute Gasteiger partial charge is 0.236 e. The zero-order valence-corrected chi connectivity index (χ0v) is 9.38. The van der Waals surface area contributed by atoms with Gasteiger partial charge in [-0.05, 0) is 5.92 Å². The Morgan fingerprint density at radius 3 is 2.93 bits per heavy atom. The van der Waals surface area contributed by atoms with Gasteiger partial charge in [-0.25, -0.2) is 0 Å². The number of aliphatic hydroxyl groups is 1. The Morgan fingerprint density at radius 2 is 2.29 bits per heavy atom. The summed E-state index contributed by atoms with van der Waals surface area (Å²) in [5.74, 6) is 3.37. The van der Waals surface area contributed by atoms with Gasteiger partial charge < -0.3 is 9.63 Å². The molecule has 0 amide bonds. The summed E-state index contributed by atoms with van der Waals surface area (Å²) in [5, 5.41) is 12.5. The molecule has 1 aromatic rings. The van der Waals surface area contributed by atoms with Gasteiger partial charge in [-0.1, -0.05) is 19.0 Å². The van der Waals surface area contributed by atoms with Crippen LogP contribution in [0.15, 0.2) is 4.52 Å². The van der Waals surface area contributed by atoms with E-state index in [4.69, 9.17) is 9.63 Å². The molecule has 80 valence electrons. The first-order valence-electron chi connectivity index (χ1n) is 4.72. The zero-order valence-electron chi connectivity index (χ0n) is 8.56. The predicted octanol–water partition coefficient (Wildman–Crippen LogP) is 1.49. The second kappa shape index (κ2) is 6.03. The third kappa shape index (κ3) is 4.11. The molecule has 4 nitrogen and oxygen atoms in total. The van der Waals surface area contributed by atoms with Crippen molar-refractivity contribution in [2.75, 3.05) is 12.4 Å². The van der Waals surface area contributed by atoms with E-state index < -0.39 is 0 Å². The van der Waals surface area contributed by atoms with Crippen LogP contribution in [0, 0.1) is 5.92 Å². The quantitative estimate of drug-likeness (QED) is 0.730. The zero-order chi connectivity index (χ0) is 10.4. The van der Waals surface area contributed by atoms with Crippen LogP contribution in [0.2, 0.25) is 0 Å². The Labute approximate surface area is 88.1 Å². The van der Waals surface area contributed by atoms with Crippen molar-refractivity contribution in [3.8, 4) is 0 Å². The van der Waals surface area contributed by atoms with E-state index in [1.54, 1.807) is 11.8 Å². The maximum absolute atomic E-state index is 8.58. The average molecular weight is 216 g/mol. The molecular formula is C9H16N2O2S. The first-order chi connectivity index (χ1) is 6.72. The fourth-order valence-corrected chi connectivity index (χ4v) is 1.59. The van der Waals surface area contributed by atoms with Crippen molar-refractivity contribution in [2.45, 2.75) is 26.0 Å². The van der Waals surface area contributed by atoms with E-state index in [2.05, 4.69) is 24.0 Å². The first kappa shape index (κ1) is 11.5. The summed E-state index contributed by atoms with van der Waals surface area (Å²) in [6.07, 6.45) is 0.855. The molecule has 1 N–H and O–H groups in total. The lowest BCUT2D eigenvalue weighted by molar-refractivity contribution is 0.322. The highest BCUT2D eigenvalue weighted by atomic mass is 32.2. The molecule has 1 heterocycles. The van der Waals surface area contributed by atoms with E-state index in [0.717, 1.165) is 12.2 Å². The molecule has 0 unspecified atom stereocenters. The first-order valence-corrected chi connectivity index (χ1v) is 5.88. The topological polar surface area (TPSA) is 59.2 Å². The lowest BCUT2D eigenvalue weighted by Crippen LogP contribution is -1.96. The number of hydrogen-bond donors (Lipinski definition) is 1. The van der Waals surface area contributed by atoms with Gasteiger partial charge in [0.1, 0.15) is 0 Å². The van der Waals surface area contributed by atoms with Gasteiger partial charge >= 0.3 is 0 Å². The summed E-state index contributed by atoms with van der Waals surface area (Å²) < 4.78 is 5.05. The number of rotatable bonds is 6. The fraction of sp³-hybridized carbons (Fsp3) is 0.778. The third-order valence-electron chi connectivity index (χ3n) is 1.56. The van der Waals surface area contributed by atoms with Crippen LogP contribution in [-0.2, 0) is 12.2 Å². The molecule has 14 heavy (non-hydrogen) atoms. The van der Waals surface area contributed by atoms with Crippen LogP contribution in [0.25, 0.3) is 0 Å². The number of thioether (sulfide) groups is 1. The Bertz CT molecular complexity index is 263. The van der Waals surface area contributed by atoms with Crippen LogP contribution in [0.5, 0.6) is 0 Å². The molecule has 0 aliphatic rings. The summed E-state index contributed by atoms with van der Waals surface area (Å²) >= 11 is 1.59. The molecule has 0 saturated heterocycles. The SMILES string of the molecule is CC(C)Cc1noc(CSCCO)n1. The standard InChI is InChI=1S/C9H16N2O2S/c1-7(2)5-8-10-9(13-11-8)6-14-4-3-12/h7,12H,3-6H2,1-2H3. The van der Waals surface area contributed by atoms with Crippen molar-refractivity contribution in [3.05, 3.63) is 11.7 Å². The van der Waals surface area contributed by atoms with E-state index in [1.807, 2.05) is 0 Å². The summed E-state index contributed by atoms with van der Waals surface area (Å²) in [5.41, 5.74) is 0. The highest BCUT2D eigenvalue weighted by molar-refractivity contribution is 7.98. The molecule has 0 fully saturated rings. The molecule has 5 heteroatoms. The van der Waals surface area contributed by atoms with Crippen LogP contribution >= 0.6 is 11.8 Å². The largest absolute Gasteiger partial charge is 0.396 e. The Hall–Kier alpha value is -0.550. The second-order valence-corrected chi connectivity index (χ2v) is 4.58. The van der Waals surface area contributed by atoms with E-state index in [9.17, 15) is 0 Å². The van der Waals surface area contributed by atoms with Gasteiger partial charge in [0.25, 0.3) is 0 Å². The monoisotopic (exact) mass is 216 g/mol. The molecule has 1 rings (SSSR count). The van der Waals surface area contributed by atoms with Gasteiger partial charge in [0.05, 0.1) is 12.4 Å². The van der Waals surface area contributed by atoms with Crippen LogP contribution in [0.1, 0.15) is 25.6 Å². The maximum atomic E-state index is 8.58. The van der Waals surface area contributed by atoms with Crippen molar-refractivity contribution >= 4 is 11.8 Å². The van der Waals surface area contributed by atoms with Crippen LogP contribution in [0.3, 0.4) is 0 Å². The number of aromatic nitrogens is 2. The molecule has 0 radical (unpaired) electrons. The van der Waals surface area contributed by atoms with Gasteiger partial charge in [0.15, 0.2) is 5.82 Å². The Balaban J connectivity index is 2.35. The molecule has 0 aromatic carbocycles. The van der Waals surface area contributed by atoms with E-state index in [1.165, 1.54) is 0 Å². The molecule has 1 aromatic heterocycles. The minimum Gasteiger partial charge on any atom is -0.396 e. The molecule has 0 saturated carbocycles. The average Bonchev–Trinajstić information content (AvgIpc) is 2.52. The number of aliphatic hydroxyl groups excluding tert-OH is 1. The normalized spacial score (nSPS) is 11.1. The summed E-state index contributed by atoms with van der Waals surface area (Å²) in [6, 6.07) is 0. The number of nitrogens with zero attached hydrogens (tertiary/aromatic N) is 2. The number of hydrogen-bond acceptors (Lipinski definition) is 5. The van der Waals surface area contributed by atoms with Crippen molar-refractivity contribution in [2.24, 2.45) is 5.92 Å². The van der Waals surface area contributed by atoms with Crippen LogP contribution in [0.4, 0.5) is 0 Å². The minimum atomic E-state index is 0.192. The van der Waals surface area contributed by atoms with E-state index in [-0.39, 0.29) is 6.61 Å². The predicted molar refractivity (Wildman–Crippen MR) is 56.1 cm³/mol. The fourth-order valence-electron chi connectivity index (χ4n) is 1.02. The summed E-state index contributed by atoms with van der Waals surface area (Å²) in [6.45, 7) is 4.44. The van der Waals surface area contributed by atoms with Gasteiger partial charge in [-0.2, -0.15) is 4.98 Å². The van der Waals surface area contributed by atoms with Crippen LogP contribution in [-0.4, -0.2) is 27.6 Å². The van der Waals surface area contributed by atoms with Crippen molar-refractivity contribution in [1.82, 2.24) is 10.1 Å². The molecule has 0 aliphatic carbocycles. The van der Waals surface area contributed by atoms with Gasteiger partial charge in [-0.3, -0.25) is 0 Å². The molecule has 0 spiro atoms. The van der Waals surface area contributed by atoms with E-state index in [0.29, 0.717) is 23.3 Å². The molecule has 0 atom stereocenters. The van der Waals surface area contributed by atoms with Gasteiger partial charge in [-0.15, -0.1) is 11.8 Å². The maximum Gasteiger partial charge on any atom is 0.236 e. The summed E-state index contributed by atoms with van der Waals surface area (Å²) in [4.78, 5) is 4.24. The van der Waals surface area contributed by atoms with Gasteiger partial charge in [0.2, 0.25) is 5.89 Å². The minimum absolute atomic E-state index is 0.192. The highest BCUT2D eigenvalue weighted by Crippen LogP contribution is 2.11. The second-order valence-electron chi connectivity index (χ2n) is 3.48. The van der Waals surface area contributed by atoms with Gasteiger partial charge in [0, 0.05) is 12.2 Å². The van der Waals surface area contributed by atoms with Crippen LogP contribution < -0.4 is 0 Å². The van der Waals surface area contributed by atoms with E-state index >= 15 is 0 Å². The molecule has 0 bridgehead atoms. The van der Waals surface area contributed by atoms with Crippen molar-refractivity contribution in [1.29, 1.82) is 0 Å². The molecular weight excluding hydrogens is 200 g/mol. The lowest BCUT2D eigenvalue weighted by Gasteiger charge is -1.96.